The lowest BCUT2D eigenvalue weighted by Crippen LogP contribution is -2.35. The summed E-state index contributed by atoms with van der Waals surface area (Å²) in [5.74, 6) is 0.962. The number of hydrogen-bond acceptors (Lipinski definition) is 7. The van der Waals surface area contributed by atoms with Crippen LogP contribution < -0.4 is 14.2 Å². The van der Waals surface area contributed by atoms with E-state index in [1.165, 1.54) is 23.9 Å². The van der Waals surface area contributed by atoms with E-state index in [0.29, 0.717) is 33.9 Å². The Morgan fingerprint density at radius 3 is 2.66 bits per heavy atom. The number of nitrogens with one attached hydrogen (secondary N) is 1. The zero-order valence-corrected chi connectivity index (χ0v) is 22.2. The van der Waals surface area contributed by atoms with Crippen LogP contribution in [-0.4, -0.2) is 47.3 Å². The fourth-order valence-corrected chi connectivity index (χ4v) is 4.84. The molecule has 0 aliphatic carbocycles. The first-order valence-electron chi connectivity index (χ1n) is 10.8. The van der Waals surface area contributed by atoms with Crippen LogP contribution in [0.15, 0.2) is 56.5 Å². The molecule has 0 spiro atoms. The minimum absolute atomic E-state index is 0.0286. The van der Waals surface area contributed by atoms with Crippen LogP contribution in [0.5, 0.6) is 17.2 Å². The molecule has 2 aliphatic rings. The first-order chi connectivity index (χ1) is 16.9. The number of thioether (sulfide) groups is 1. The number of carbonyl (C=O) groups is 1. The number of aliphatic imine (C=N–C) groups is 1. The highest BCUT2D eigenvalue weighted by atomic mass is 79.9. The molecule has 11 heteroatoms. The van der Waals surface area contributed by atoms with Gasteiger partial charge in [-0.3, -0.25) is 10.2 Å². The molecule has 0 unspecified atom stereocenters. The summed E-state index contributed by atoms with van der Waals surface area (Å²) in [6.07, 6.45) is 3.24. The molecule has 35 heavy (non-hydrogen) atoms. The molecular formula is C24H22BrClN4O4S. The van der Waals surface area contributed by atoms with Crippen LogP contribution in [0.3, 0.4) is 0 Å². The Kier molecular flexibility index (Phi) is 8.15. The number of halogens is 2. The number of hydrogen-bond donors (Lipinski definition) is 1. The van der Waals surface area contributed by atoms with E-state index in [-0.39, 0.29) is 18.0 Å². The lowest BCUT2D eigenvalue weighted by atomic mass is 10.1. The van der Waals surface area contributed by atoms with E-state index in [2.05, 4.69) is 26.0 Å². The third-order valence-electron chi connectivity index (χ3n) is 4.94. The van der Waals surface area contributed by atoms with E-state index >= 15 is 0 Å². The average molecular weight is 578 g/mol. The summed E-state index contributed by atoms with van der Waals surface area (Å²) in [6.45, 7) is 2.61. The maximum Gasteiger partial charge on any atom is 0.283 e. The van der Waals surface area contributed by atoms with Crippen molar-refractivity contribution in [2.45, 2.75) is 19.8 Å². The Morgan fingerprint density at radius 1 is 1.20 bits per heavy atom. The van der Waals surface area contributed by atoms with Gasteiger partial charge in [-0.1, -0.05) is 34.5 Å². The number of nitrogens with zero attached hydrogens (tertiary/aromatic N) is 3. The van der Waals surface area contributed by atoms with Gasteiger partial charge in [0.25, 0.3) is 5.91 Å². The molecule has 1 N–H and O–H groups in total. The maximum atomic E-state index is 12.6. The monoisotopic (exact) mass is 576 g/mol. The number of methoxy groups -OCH3 is 1. The predicted octanol–water partition coefficient (Wildman–Crippen LogP) is 5.99. The van der Waals surface area contributed by atoms with E-state index in [1.54, 1.807) is 18.2 Å². The van der Waals surface area contributed by atoms with E-state index in [0.717, 1.165) is 28.1 Å². The lowest BCUT2D eigenvalue weighted by molar-refractivity contribution is -0.114. The zero-order chi connectivity index (χ0) is 24.9. The Balaban J connectivity index is 1.48. The fraction of sp³-hybridized carbons (Fsp3) is 0.250. The highest BCUT2D eigenvalue weighted by molar-refractivity contribution is 9.10. The van der Waals surface area contributed by atoms with Gasteiger partial charge in [0.05, 0.1) is 17.7 Å². The molecule has 182 valence electrons. The van der Waals surface area contributed by atoms with Crippen molar-refractivity contribution in [2.24, 2.45) is 10.1 Å². The van der Waals surface area contributed by atoms with Gasteiger partial charge in [-0.15, -0.1) is 0 Å². The van der Waals surface area contributed by atoms with Gasteiger partial charge in [0.1, 0.15) is 24.0 Å². The fourth-order valence-electron chi connectivity index (χ4n) is 3.31. The minimum Gasteiger partial charge on any atom is -0.493 e. The third kappa shape index (κ3) is 5.88. The van der Waals surface area contributed by atoms with Gasteiger partial charge >= 0.3 is 0 Å². The molecule has 0 bridgehead atoms. The summed E-state index contributed by atoms with van der Waals surface area (Å²) in [6, 6.07) is 10.8. The van der Waals surface area contributed by atoms with Crippen LogP contribution in [0.25, 0.3) is 6.08 Å². The number of ether oxygens (including phenoxy) is 3. The molecular weight excluding hydrogens is 556 g/mol. The molecule has 0 radical (unpaired) electrons. The summed E-state index contributed by atoms with van der Waals surface area (Å²) >= 11 is 11.2. The molecule has 4 rings (SSSR count). The molecule has 2 aromatic rings. The molecule has 0 saturated carbocycles. The van der Waals surface area contributed by atoms with E-state index < -0.39 is 5.91 Å². The van der Waals surface area contributed by atoms with Crippen LogP contribution in [0, 0.1) is 5.41 Å². The lowest BCUT2D eigenvalue weighted by Gasteiger charge is -2.20. The standard InChI is InChI=1S/C24H22BrClN4O4S/c1-3-4-20-29-30-22(27)17(23(31)28-24(30)35-20)11-14-12-18(26)21(19(13-14)32-2)34-10-9-33-16-7-5-15(25)6-8-16/h5-8,11-13,27H,3-4,9-10H2,1-2H3/b17-11-,27-22?. The molecule has 2 heterocycles. The summed E-state index contributed by atoms with van der Waals surface area (Å²) in [5, 5.41) is 15.9. The van der Waals surface area contributed by atoms with Crippen molar-refractivity contribution in [1.82, 2.24) is 5.01 Å². The van der Waals surface area contributed by atoms with Crippen molar-refractivity contribution in [3.8, 4) is 17.2 Å². The van der Waals surface area contributed by atoms with Crippen molar-refractivity contribution in [3.63, 3.8) is 0 Å². The Morgan fingerprint density at radius 2 is 1.94 bits per heavy atom. The number of hydrazone groups is 1. The van der Waals surface area contributed by atoms with Gasteiger partial charge in [0.15, 0.2) is 17.3 Å². The number of amides is 1. The van der Waals surface area contributed by atoms with E-state index in [4.69, 9.17) is 31.2 Å². The number of benzene rings is 2. The van der Waals surface area contributed by atoms with Gasteiger partial charge in [0, 0.05) is 4.47 Å². The van der Waals surface area contributed by atoms with Gasteiger partial charge in [-0.2, -0.15) is 15.1 Å². The van der Waals surface area contributed by atoms with Gasteiger partial charge < -0.3 is 14.2 Å². The molecule has 1 amide bonds. The second-order valence-corrected chi connectivity index (χ2v) is 9.81. The molecule has 0 atom stereocenters. The Hall–Kier alpha value is -2.82. The van der Waals surface area contributed by atoms with Crippen LogP contribution in [0.2, 0.25) is 5.02 Å². The van der Waals surface area contributed by atoms with Crippen molar-refractivity contribution in [2.75, 3.05) is 20.3 Å². The normalized spacial score (nSPS) is 16.2. The molecule has 2 aromatic carbocycles. The van der Waals surface area contributed by atoms with Gasteiger partial charge in [-0.25, -0.2) is 0 Å². The zero-order valence-electron chi connectivity index (χ0n) is 19.0. The summed E-state index contributed by atoms with van der Waals surface area (Å²) in [7, 11) is 1.50. The summed E-state index contributed by atoms with van der Waals surface area (Å²) < 4.78 is 17.9. The molecule has 2 aliphatic heterocycles. The Labute approximate surface area is 220 Å². The largest absolute Gasteiger partial charge is 0.493 e. The molecule has 0 aromatic heterocycles. The first kappa shape index (κ1) is 25.3. The maximum absolute atomic E-state index is 12.6. The van der Waals surface area contributed by atoms with Crippen molar-refractivity contribution in [3.05, 3.63) is 57.0 Å². The van der Waals surface area contributed by atoms with Gasteiger partial charge in [0.2, 0.25) is 5.17 Å². The van der Waals surface area contributed by atoms with Crippen LogP contribution in [0.1, 0.15) is 25.3 Å². The average Bonchev–Trinajstić information content (AvgIpc) is 3.24. The van der Waals surface area contributed by atoms with Crippen LogP contribution in [0.4, 0.5) is 0 Å². The van der Waals surface area contributed by atoms with Crippen molar-refractivity contribution in [1.29, 1.82) is 5.41 Å². The second-order valence-electron chi connectivity index (χ2n) is 7.45. The van der Waals surface area contributed by atoms with Crippen molar-refractivity contribution < 1.29 is 19.0 Å². The number of carbonyl (C=O) groups excluding carboxylic acids is 1. The smallest absolute Gasteiger partial charge is 0.283 e. The second kappa shape index (κ2) is 11.3. The topological polar surface area (TPSA) is 96.6 Å². The molecule has 0 fully saturated rings. The summed E-state index contributed by atoms with van der Waals surface area (Å²) in [4.78, 5) is 16.7. The number of amidine groups is 2. The van der Waals surface area contributed by atoms with E-state index in [9.17, 15) is 4.79 Å². The highest BCUT2D eigenvalue weighted by Gasteiger charge is 2.35. The number of fused-ring (bicyclic) bond motifs is 1. The van der Waals surface area contributed by atoms with Crippen LogP contribution in [-0.2, 0) is 4.79 Å². The SMILES string of the molecule is CCCC1=NN2C(=N)/C(=C/c3cc(Cl)c(OCCOc4ccc(Br)cc4)c(OC)c3)C(=O)N=C2S1. The Bertz CT molecular complexity index is 1250. The molecule has 8 nitrogen and oxygen atoms in total. The highest BCUT2D eigenvalue weighted by Crippen LogP contribution is 2.38. The van der Waals surface area contributed by atoms with Crippen molar-refractivity contribution >= 4 is 67.3 Å². The third-order valence-corrected chi connectivity index (χ3v) is 6.71. The van der Waals surface area contributed by atoms with Gasteiger partial charge in [-0.05, 0) is 72.6 Å². The minimum atomic E-state index is -0.498. The first-order valence-corrected chi connectivity index (χ1v) is 12.8. The summed E-state index contributed by atoms with van der Waals surface area (Å²) in [5.41, 5.74) is 0.687. The number of rotatable bonds is 9. The van der Waals surface area contributed by atoms with E-state index in [1.807, 2.05) is 31.2 Å². The quantitative estimate of drug-likeness (QED) is 0.291. The molecule has 0 saturated heterocycles. The van der Waals surface area contributed by atoms with Crippen LogP contribution >= 0.6 is 39.3 Å². The predicted molar refractivity (Wildman–Crippen MR) is 143 cm³/mol.